The molecule has 3 heteroatoms. The third-order valence-corrected chi connectivity index (χ3v) is 3.11. The number of nitrogens with zero attached hydrogens (tertiary/aromatic N) is 1. The molecular weight excluding hydrogens is 210 g/mol. The standard InChI is InChI=1S/C14H19N3/c1-9(2)14(17-15)13-8-10(3)11-6-4-5-7-12(11)16-13/h4-9,14,17H,15H2,1-3H3. The molecule has 17 heavy (non-hydrogen) atoms. The van der Waals surface area contributed by atoms with Crippen LogP contribution in [0.5, 0.6) is 0 Å². The van der Waals surface area contributed by atoms with Crippen LogP contribution in [0.1, 0.15) is 31.1 Å². The molecule has 0 saturated carbocycles. The van der Waals surface area contributed by atoms with Crippen LogP contribution in [-0.4, -0.2) is 4.98 Å². The molecule has 90 valence electrons. The second-order valence-electron chi connectivity index (χ2n) is 4.77. The summed E-state index contributed by atoms with van der Waals surface area (Å²) in [5.41, 5.74) is 6.13. The Labute approximate surface area is 102 Å². The number of benzene rings is 1. The van der Waals surface area contributed by atoms with Gasteiger partial charge in [0.2, 0.25) is 0 Å². The normalized spacial score (nSPS) is 13.2. The average Bonchev–Trinajstić information content (AvgIpc) is 2.29. The third-order valence-electron chi connectivity index (χ3n) is 3.11. The zero-order valence-corrected chi connectivity index (χ0v) is 10.6. The molecule has 0 fully saturated rings. The Balaban J connectivity index is 2.56. The SMILES string of the molecule is Cc1cc(C(NN)C(C)C)nc2ccccc12. The van der Waals surface area contributed by atoms with Gasteiger partial charge in [0.15, 0.2) is 0 Å². The van der Waals surface area contributed by atoms with Crippen molar-refractivity contribution in [1.82, 2.24) is 10.4 Å². The Morgan fingerprint density at radius 3 is 2.59 bits per heavy atom. The summed E-state index contributed by atoms with van der Waals surface area (Å²) in [6, 6.07) is 10.4. The second kappa shape index (κ2) is 4.82. The van der Waals surface area contributed by atoms with Crippen LogP contribution in [0.3, 0.4) is 0 Å². The monoisotopic (exact) mass is 229 g/mol. The predicted molar refractivity (Wildman–Crippen MR) is 71.4 cm³/mol. The zero-order chi connectivity index (χ0) is 12.4. The number of nitrogens with two attached hydrogens (primary N) is 1. The van der Waals surface area contributed by atoms with Gasteiger partial charge in [-0.3, -0.25) is 16.3 Å². The van der Waals surface area contributed by atoms with Crippen LogP contribution < -0.4 is 11.3 Å². The van der Waals surface area contributed by atoms with Crippen molar-refractivity contribution in [2.45, 2.75) is 26.8 Å². The molecule has 0 aliphatic heterocycles. The molecule has 2 aromatic rings. The van der Waals surface area contributed by atoms with E-state index in [2.05, 4.69) is 43.3 Å². The van der Waals surface area contributed by atoms with E-state index in [0.29, 0.717) is 5.92 Å². The van der Waals surface area contributed by atoms with E-state index in [-0.39, 0.29) is 6.04 Å². The number of aromatic nitrogens is 1. The minimum atomic E-state index is 0.0957. The molecule has 0 radical (unpaired) electrons. The number of fused-ring (bicyclic) bond motifs is 1. The van der Waals surface area contributed by atoms with Crippen molar-refractivity contribution in [3.8, 4) is 0 Å². The average molecular weight is 229 g/mol. The summed E-state index contributed by atoms with van der Waals surface area (Å²) in [4.78, 5) is 4.69. The van der Waals surface area contributed by atoms with Gasteiger partial charge in [-0.2, -0.15) is 0 Å². The van der Waals surface area contributed by atoms with Crippen LogP contribution in [0.15, 0.2) is 30.3 Å². The van der Waals surface area contributed by atoms with Gasteiger partial charge in [-0.05, 0) is 30.5 Å². The molecule has 1 unspecified atom stereocenters. The van der Waals surface area contributed by atoms with E-state index >= 15 is 0 Å². The summed E-state index contributed by atoms with van der Waals surface area (Å²) in [6.07, 6.45) is 0. The van der Waals surface area contributed by atoms with Gasteiger partial charge in [-0.15, -0.1) is 0 Å². The summed E-state index contributed by atoms with van der Waals surface area (Å²) < 4.78 is 0. The van der Waals surface area contributed by atoms with E-state index in [1.54, 1.807) is 0 Å². The van der Waals surface area contributed by atoms with Gasteiger partial charge in [-0.1, -0.05) is 32.0 Å². The number of hydrogen-bond donors (Lipinski definition) is 2. The summed E-state index contributed by atoms with van der Waals surface area (Å²) in [5, 5.41) is 1.20. The van der Waals surface area contributed by atoms with E-state index in [9.17, 15) is 0 Å². The van der Waals surface area contributed by atoms with Crippen molar-refractivity contribution < 1.29 is 0 Å². The lowest BCUT2D eigenvalue weighted by Gasteiger charge is -2.20. The lowest BCUT2D eigenvalue weighted by molar-refractivity contribution is 0.413. The zero-order valence-electron chi connectivity index (χ0n) is 10.6. The van der Waals surface area contributed by atoms with Crippen molar-refractivity contribution in [1.29, 1.82) is 0 Å². The second-order valence-corrected chi connectivity index (χ2v) is 4.77. The van der Waals surface area contributed by atoms with Gasteiger partial charge in [0.05, 0.1) is 17.3 Å². The number of aryl methyl sites for hydroxylation is 1. The molecule has 2 rings (SSSR count). The van der Waals surface area contributed by atoms with E-state index in [0.717, 1.165) is 11.2 Å². The summed E-state index contributed by atoms with van der Waals surface area (Å²) >= 11 is 0. The lowest BCUT2D eigenvalue weighted by Crippen LogP contribution is -2.32. The summed E-state index contributed by atoms with van der Waals surface area (Å²) in [7, 11) is 0. The highest BCUT2D eigenvalue weighted by atomic mass is 15.2. The lowest BCUT2D eigenvalue weighted by atomic mass is 9.98. The fraction of sp³-hybridized carbons (Fsp3) is 0.357. The van der Waals surface area contributed by atoms with E-state index in [1.807, 2.05) is 18.2 Å². The van der Waals surface area contributed by atoms with Gasteiger partial charge in [0.1, 0.15) is 0 Å². The molecule has 0 amide bonds. The van der Waals surface area contributed by atoms with E-state index in [1.165, 1.54) is 10.9 Å². The Bertz CT molecular complexity index is 520. The number of nitrogens with one attached hydrogen (secondary N) is 1. The van der Waals surface area contributed by atoms with Crippen LogP contribution in [0.2, 0.25) is 0 Å². The number of para-hydroxylation sites is 1. The van der Waals surface area contributed by atoms with Crippen molar-refractivity contribution in [3.05, 3.63) is 41.6 Å². The first-order valence-electron chi connectivity index (χ1n) is 5.96. The largest absolute Gasteiger partial charge is 0.271 e. The van der Waals surface area contributed by atoms with Crippen molar-refractivity contribution in [3.63, 3.8) is 0 Å². The molecule has 1 heterocycles. The molecule has 3 nitrogen and oxygen atoms in total. The first-order chi connectivity index (χ1) is 8.13. The highest BCUT2D eigenvalue weighted by molar-refractivity contribution is 5.82. The quantitative estimate of drug-likeness (QED) is 0.628. The molecule has 0 aliphatic rings. The minimum absolute atomic E-state index is 0.0957. The van der Waals surface area contributed by atoms with Gasteiger partial charge in [0.25, 0.3) is 0 Å². The molecule has 0 aliphatic carbocycles. The Morgan fingerprint density at radius 2 is 1.94 bits per heavy atom. The fourth-order valence-electron chi connectivity index (χ4n) is 2.15. The first kappa shape index (κ1) is 12.0. The van der Waals surface area contributed by atoms with Gasteiger partial charge >= 0.3 is 0 Å². The highest BCUT2D eigenvalue weighted by Gasteiger charge is 2.16. The molecule has 1 aromatic heterocycles. The molecule has 1 atom stereocenters. The number of hydrazine groups is 1. The smallest absolute Gasteiger partial charge is 0.0708 e. The molecular formula is C14H19N3. The van der Waals surface area contributed by atoms with Gasteiger partial charge in [-0.25, -0.2) is 0 Å². The molecule has 1 aromatic carbocycles. The van der Waals surface area contributed by atoms with E-state index < -0.39 is 0 Å². The molecule has 0 saturated heterocycles. The summed E-state index contributed by atoms with van der Waals surface area (Å²) in [5.74, 6) is 6.02. The fourth-order valence-corrected chi connectivity index (χ4v) is 2.15. The van der Waals surface area contributed by atoms with Crippen LogP contribution in [-0.2, 0) is 0 Å². The van der Waals surface area contributed by atoms with Crippen LogP contribution >= 0.6 is 0 Å². The molecule has 0 spiro atoms. The van der Waals surface area contributed by atoms with Crippen LogP contribution in [0.25, 0.3) is 10.9 Å². The number of hydrogen-bond acceptors (Lipinski definition) is 3. The topological polar surface area (TPSA) is 50.9 Å². The van der Waals surface area contributed by atoms with Crippen molar-refractivity contribution in [2.75, 3.05) is 0 Å². The van der Waals surface area contributed by atoms with Crippen LogP contribution in [0, 0.1) is 12.8 Å². The van der Waals surface area contributed by atoms with Crippen LogP contribution in [0.4, 0.5) is 0 Å². The Morgan fingerprint density at radius 1 is 1.24 bits per heavy atom. The Kier molecular flexibility index (Phi) is 3.41. The van der Waals surface area contributed by atoms with Crippen molar-refractivity contribution in [2.24, 2.45) is 11.8 Å². The summed E-state index contributed by atoms with van der Waals surface area (Å²) in [6.45, 7) is 6.38. The van der Waals surface area contributed by atoms with Gasteiger partial charge in [0, 0.05) is 5.39 Å². The van der Waals surface area contributed by atoms with Crippen molar-refractivity contribution >= 4 is 10.9 Å². The molecule has 0 bridgehead atoms. The van der Waals surface area contributed by atoms with E-state index in [4.69, 9.17) is 5.84 Å². The number of pyridine rings is 1. The van der Waals surface area contributed by atoms with Gasteiger partial charge < -0.3 is 0 Å². The minimum Gasteiger partial charge on any atom is -0.271 e. The first-order valence-corrected chi connectivity index (χ1v) is 5.96. The number of rotatable bonds is 3. The maximum absolute atomic E-state index is 5.61. The molecule has 3 N–H and O–H groups in total. The maximum atomic E-state index is 5.61. The maximum Gasteiger partial charge on any atom is 0.0708 e. The Hall–Kier alpha value is -1.45. The third kappa shape index (κ3) is 2.30. The predicted octanol–water partition coefficient (Wildman–Crippen LogP) is 2.70. The highest BCUT2D eigenvalue weighted by Crippen LogP contribution is 2.24.